The Kier molecular flexibility index (Phi) is 3.05. The molecule has 0 aliphatic rings. The maximum atomic E-state index is 11.9. The number of nitrogens with zero attached hydrogens (tertiary/aromatic N) is 2. The third-order valence-electron chi connectivity index (χ3n) is 2.32. The second-order valence-corrected chi connectivity index (χ2v) is 3.52. The third-order valence-corrected chi connectivity index (χ3v) is 2.32. The highest BCUT2D eigenvalue weighted by Gasteiger charge is 2.20. The Morgan fingerprint density at radius 1 is 1.39 bits per heavy atom. The molecule has 0 spiro atoms. The molecule has 0 unspecified atom stereocenters. The van der Waals surface area contributed by atoms with Gasteiger partial charge in [0.15, 0.2) is 11.4 Å². The molecular formula is C11H10N4O3. The van der Waals surface area contributed by atoms with Crippen molar-refractivity contribution in [3.63, 3.8) is 0 Å². The van der Waals surface area contributed by atoms with Crippen molar-refractivity contribution < 1.29 is 14.7 Å². The summed E-state index contributed by atoms with van der Waals surface area (Å²) in [7, 11) is 0. The molecule has 2 heterocycles. The largest absolute Gasteiger partial charge is 0.477 e. The number of amides is 1. The van der Waals surface area contributed by atoms with Gasteiger partial charge in [-0.3, -0.25) is 9.78 Å². The van der Waals surface area contributed by atoms with Crippen LogP contribution in [0.25, 0.3) is 0 Å². The van der Waals surface area contributed by atoms with Crippen molar-refractivity contribution in [3.8, 4) is 0 Å². The smallest absolute Gasteiger partial charge is 0.354 e. The number of imidazole rings is 1. The molecule has 7 heteroatoms. The van der Waals surface area contributed by atoms with E-state index in [1.165, 1.54) is 0 Å². The van der Waals surface area contributed by atoms with Gasteiger partial charge in [-0.2, -0.15) is 0 Å². The molecule has 2 aromatic heterocycles. The summed E-state index contributed by atoms with van der Waals surface area (Å²) in [6, 6.07) is 3.35. The van der Waals surface area contributed by atoms with Crippen molar-refractivity contribution in [2.45, 2.75) is 6.92 Å². The van der Waals surface area contributed by atoms with Gasteiger partial charge >= 0.3 is 5.97 Å². The van der Waals surface area contributed by atoms with Gasteiger partial charge in [0.1, 0.15) is 0 Å². The first-order valence-electron chi connectivity index (χ1n) is 5.09. The summed E-state index contributed by atoms with van der Waals surface area (Å²) in [5.41, 5.74) is 0.750. The molecule has 0 aromatic carbocycles. The monoisotopic (exact) mass is 246 g/mol. The predicted molar refractivity (Wildman–Crippen MR) is 62.5 cm³/mol. The fourth-order valence-corrected chi connectivity index (χ4v) is 1.43. The van der Waals surface area contributed by atoms with Crippen LogP contribution in [-0.2, 0) is 0 Å². The first-order valence-corrected chi connectivity index (χ1v) is 5.09. The second-order valence-electron chi connectivity index (χ2n) is 3.52. The fraction of sp³-hybridized carbons (Fsp3) is 0.0909. The number of hydrogen-bond donors (Lipinski definition) is 3. The van der Waals surface area contributed by atoms with Gasteiger partial charge in [0.05, 0.1) is 17.7 Å². The van der Waals surface area contributed by atoms with Crippen molar-refractivity contribution in [3.05, 3.63) is 41.7 Å². The lowest BCUT2D eigenvalue weighted by Crippen LogP contribution is -2.17. The molecule has 0 aliphatic carbocycles. The van der Waals surface area contributed by atoms with Gasteiger partial charge in [-0.15, -0.1) is 0 Å². The lowest BCUT2D eigenvalue weighted by atomic mass is 10.2. The van der Waals surface area contributed by atoms with E-state index in [1.807, 2.05) is 0 Å². The molecule has 7 nitrogen and oxygen atoms in total. The van der Waals surface area contributed by atoms with Crippen LogP contribution in [0, 0.1) is 6.92 Å². The maximum absolute atomic E-state index is 11.9. The average molecular weight is 246 g/mol. The molecule has 0 atom stereocenters. The highest BCUT2D eigenvalue weighted by molar-refractivity contribution is 6.08. The number of H-pyrrole nitrogens is 1. The summed E-state index contributed by atoms with van der Waals surface area (Å²) in [6.07, 6.45) is 2.76. The zero-order valence-corrected chi connectivity index (χ0v) is 9.47. The van der Waals surface area contributed by atoms with E-state index in [9.17, 15) is 9.59 Å². The molecule has 0 saturated heterocycles. The lowest BCUT2D eigenvalue weighted by Gasteiger charge is -2.05. The Labute approximate surface area is 102 Å². The van der Waals surface area contributed by atoms with E-state index in [-0.39, 0.29) is 11.4 Å². The topological polar surface area (TPSA) is 108 Å². The number of pyridine rings is 1. The Morgan fingerprint density at radius 2 is 2.17 bits per heavy atom. The van der Waals surface area contributed by atoms with Crippen molar-refractivity contribution in [2.75, 3.05) is 5.32 Å². The SMILES string of the molecule is Cc1ncccc1NC(=O)c1nc[nH]c1C(=O)O. The molecule has 18 heavy (non-hydrogen) atoms. The van der Waals surface area contributed by atoms with Crippen LogP contribution >= 0.6 is 0 Å². The summed E-state index contributed by atoms with van der Waals surface area (Å²) >= 11 is 0. The average Bonchev–Trinajstić information content (AvgIpc) is 2.81. The zero-order valence-electron chi connectivity index (χ0n) is 9.47. The van der Waals surface area contributed by atoms with Gasteiger partial charge in [0.25, 0.3) is 5.91 Å². The second kappa shape index (κ2) is 4.66. The minimum Gasteiger partial charge on any atom is -0.477 e. The van der Waals surface area contributed by atoms with Crippen molar-refractivity contribution in [2.24, 2.45) is 0 Å². The number of anilines is 1. The van der Waals surface area contributed by atoms with E-state index in [4.69, 9.17) is 5.11 Å². The van der Waals surface area contributed by atoms with Gasteiger partial charge in [-0.25, -0.2) is 9.78 Å². The standard InChI is InChI=1S/C11H10N4O3/c1-6-7(3-2-4-12-6)15-10(16)8-9(11(17)18)14-5-13-8/h2-5H,1H3,(H,13,14)(H,15,16)(H,17,18). The maximum Gasteiger partial charge on any atom is 0.354 e. The van der Waals surface area contributed by atoms with E-state index < -0.39 is 11.9 Å². The Bertz CT molecular complexity index is 606. The number of aromatic nitrogens is 3. The molecule has 92 valence electrons. The van der Waals surface area contributed by atoms with Crippen molar-refractivity contribution in [1.29, 1.82) is 0 Å². The van der Waals surface area contributed by atoms with Crippen molar-refractivity contribution in [1.82, 2.24) is 15.0 Å². The summed E-state index contributed by atoms with van der Waals surface area (Å²) < 4.78 is 0. The summed E-state index contributed by atoms with van der Waals surface area (Å²) in [6.45, 7) is 1.73. The minimum absolute atomic E-state index is 0.161. The van der Waals surface area contributed by atoms with E-state index in [0.717, 1.165) is 6.33 Å². The van der Waals surface area contributed by atoms with Gasteiger partial charge in [0.2, 0.25) is 0 Å². The molecule has 0 aliphatic heterocycles. The van der Waals surface area contributed by atoms with E-state index in [1.54, 1.807) is 25.3 Å². The molecular weight excluding hydrogens is 236 g/mol. The summed E-state index contributed by atoms with van der Waals surface area (Å²) in [4.78, 5) is 32.8. The van der Waals surface area contributed by atoms with Gasteiger partial charge in [-0.1, -0.05) is 0 Å². The lowest BCUT2D eigenvalue weighted by molar-refractivity contribution is 0.0686. The van der Waals surface area contributed by atoms with Crippen LogP contribution in [0.1, 0.15) is 26.7 Å². The molecule has 2 aromatic rings. The quantitative estimate of drug-likeness (QED) is 0.750. The third kappa shape index (κ3) is 2.19. The van der Waals surface area contributed by atoms with Gasteiger partial charge in [-0.05, 0) is 19.1 Å². The molecule has 0 fully saturated rings. The number of rotatable bonds is 3. The number of carboxylic acid groups (broad SMARTS) is 1. The van der Waals surface area contributed by atoms with E-state index in [0.29, 0.717) is 11.4 Å². The molecule has 0 radical (unpaired) electrons. The molecule has 0 saturated carbocycles. The minimum atomic E-state index is -1.24. The first-order chi connectivity index (χ1) is 8.59. The Morgan fingerprint density at radius 3 is 2.83 bits per heavy atom. The van der Waals surface area contributed by atoms with Gasteiger partial charge < -0.3 is 15.4 Å². The van der Waals surface area contributed by atoms with Crippen LogP contribution in [0.5, 0.6) is 0 Å². The van der Waals surface area contributed by atoms with Crippen molar-refractivity contribution >= 4 is 17.6 Å². The number of aryl methyl sites for hydroxylation is 1. The molecule has 2 rings (SSSR count). The van der Waals surface area contributed by atoms with Crippen LogP contribution in [0.3, 0.4) is 0 Å². The number of nitrogens with one attached hydrogen (secondary N) is 2. The molecule has 1 amide bonds. The first kappa shape index (κ1) is 11.8. The van der Waals surface area contributed by atoms with Crippen LogP contribution in [0.15, 0.2) is 24.7 Å². The Balaban J connectivity index is 2.25. The fourth-order valence-electron chi connectivity index (χ4n) is 1.43. The number of carboxylic acids is 1. The van der Waals surface area contributed by atoms with Crippen LogP contribution < -0.4 is 5.32 Å². The molecule has 0 bridgehead atoms. The van der Waals surface area contributed by atoms with E-state index >= 15 is 0 Å². The number of carbonyl (C=O) groups is 2. The predicted octanol–water partition coefficient (Wildman–Crippen LogP) is 1.06. The van der Waals surface area contributed by atoms with E-state index in [2.05, 4.69) is 20.3 Å². The van der Waals surface area contributed by atoms with Gasteiger partial charge in [0, 0.05) is 6.20 Å². The number of carbonyl (C=O) groups excluding carboxylic acids is 1. The zero-order chi connectivity index (χ0) is 13.1. The highest BCUT2D eigenvalue weighted by atomic mass is 16.4. The summed E-state index contributed by atoms with van der Waals surface area (Å²) in [5, 5.41) is 11.4. The number of aromatic carboxylic acids is 1. The summed E-state index contributed by atoms with van der Waals surface area (Å²) in [5.74, 6) is -1.83. The number of hydrogen-bond acceptors (Lipinski definition) is 4. The normalized spacial score (nSPS) is 10.1. The number of aromatic amines is 1. The van der Waals surface area contributed by atoms with Crippen LogP contribution in [0.2, 0.25) is 0 Å². The van der Waals surface area contributed by atoms with Crippen LogP contribution in [-0.4, -0.2) is 31.9 Å². The van der Waals surface area contributed by atoms with Crippen LogP contribution in [0.4, 0.5) is 5.69 Å². The highest BCUT2D eigenvalue weighted by Crippen LogP contribution is 2.12. The Hall–Kier alpha value is -2.70. The molecule has 3 N–H and O–H groups in total.